The molecule has 0 aromatic carbocycles. The molecule has 0 radical (unpaired) electrons. The highest BCUT2D eigenvalue weighted by Gasteiger charge is 2.40. The van der Waals surface area contributed by atoms with E-state index in [-0.39, 0.29) is 0 Å². The van der Waals surface area contributed by atoms with Gasteiger partial charge in [-0.05, 0) is 0 Å². The lowest BCUT2D eigenvalue weighted by molar-refractivity contribution is -0.143. The maximum Gasteiger partial charge on any atom is 0.436 e. The summed E-state index contributed by atoms with van der Waals surface area (Å²) in [5.41, 5.74) is -1.42. The molecular formula is C5H5F3IN3O2S. The number of hydrogen-bond acceptors (Lipinski definition) is 3. The fourth-order valence-corrected chi connectivity index (χ4v) is 2.40. The Labute approximate surface area is 97.2 Å². The summed E-state index contributed by atoms with van der Waals surface area (Å²) in [5, 5.41) is 3.07. The van der Waals surface area contributed by atoms with Gasteiger partial charge in [-0.2, -0.15) is 21.2 Å². The maximum absolute atomic E-state index is 12.4. The molecule has 5 nitrogen and oxygen atoms in total. The van der Waals surface area contributed by atoms with Crippen molar-refractivity contribution in [1.29, 1.82) is 0 Å². The normalized spacial score (nSPS) is 13.1. The number of nitrogens with one attached hydrogen (secondary N) is 1. The highest BCUT2D eigenvalue weighted by molar-refractivity contribution is 14.1. The Morgan fingerprint density at radius 1 is 1.53 bits per heavy atom. The second-order valence-corrected chi connectivity index (χ2v) is 5.52. The van der Waals surface area contributed by atoms with Crippen molar-refractivity contribution in [3.63, 3.8) is 0 Å². The van der Waals surface area contributed by atoms with E-state index in [0.29, 0.717) is 0 Å². The number of hydrogen-bond donors (Lipinski definition) is 1. The topological polar surface area (TPSA) is 64.0 Å². The number of rotatable bonds is 2. The van der Waals surface area contributed by atoms with Gasteiger partial charge in [-0.1, -0.05) is 0 Å². The minimum Gasteiger partial charge on any atom is -0.274 e. The van der Waals surface area contributed by atoms with Crippen LogP contribution in [0, 0.1) is 0 Å². The van der Waals surface area contributed by atoms with Gasteiger partial charge in [-0.25, -0.2) is 8.42 Å². The third kappa shape index (κ3) is 2.60. The predicted octanol–water partition coefficient (Wildman–Crippen LogP) is 1.07. The van der Waals surface area contributed by atoms with Gasteiger partial charge in [-0.3, -0.25) is 4.68 Å². The van der Waals surface area contributed by atoms with Crippen molar-refractivity contribution in [1.82, 2.24) is 12.7 Å². The molecule has 0 aliphatic heterocycles. The molecule has 86 valence electrons. The Morgan fingerprint density at radius 3 is 2.47 bits per heavy atom. The molecule has 0 amide bonds. The van der Waals surface area contributed by atoms with Crippen molar-refractivity contribution in [2.75, 3.05) is 0 Å². The Morgan fingerprint density at radius 2 is 2.07 bits per heavy atom. The number of sulfonamides is 1. The first kappa shape index (κ1) is 12.7. The largest absolute Gasteiger partial charge is 0.436 e. The number of aromatic nitrogens is 2. The summed E-state index contributed by atoms with van der Waals surface area (Å²) >= 11 is 1.25. The van der Waals surface area contributed by atoms with Gasteiger partial charge in [-0.15, -0.1) is 0 Å². The zero-order valence-corrected chi connectivity index (χ0v) is 10.2. The van der Waals surface area contributed by atoms with Gasteiger partial charge in [0.1, 0.15) is 4.90 Å². The Hall–Kier alpha value is -0.360. The van der Waals surface area contributed by atoms with E-state index in [1.165, 1.54) is 29.9 Å². The second kappa shape index (κ2) is 3.90. The van der Waals surface area contributed by atoms with Gasteiger partial charge < -0.3 is 0 Å². The minimum absolute atomic E-state index is 0.795. The summed E-state index contributed by atoms with van der Waals surface area (Å²) < 4.78 is 62.1. The van der Waals surface area contributed by atoms with Crippen molar-refractivity contribution in [3.05, 3.63) is 11.9 Å². The Kier molecular flexibility index (Phi) is 3.30. The van der Waals surface area contributed by atoms with Crippen LogP contribution in [0.5, 0.6) is 0 Å². The summed E-state index contributed by atoms with van der Waals surface area (Å²) in [6.45, 7) is 0. The summed E-state index contributed by atoms with van der Waals surface area (Å²) in [5.74, 6) is 0. The molecular weight excluding hydrogens is 350 g/mol. The zero-order valence-electron chi connectivity index (χ0n) is 7.21. The predicted molar refractivity (Wildman–Crippen MR) is 52.6 cm³/mol. The molecule has 0 bridgehead atoms. The molecule has 0 saturated carbocycles. The van der Waals surface area contributed by atoms with E-state index in [0.717, 1.165) is 10.9 Å². The molecule has 0 spiro atoms. The van der Waals surface area contributed by atoms with E-state index in [1.54, 1.807) is 2.94 Å². The third-order valence-electron chi connectivity index (χ3n) is 1.45. The average Bonchev–Trinajstić information content (AvgIpc) is 2.47. The van der Waals surface area contributed by atoms with E-state index >= 15 is 0 Å². The second-order valence-electron chi connectivity index (χ2n) is 2.59. The van der Waals surface area contributed by atoms with Gasteiger partial charge in [0.25, 0.3) is 10.0 Å². The van der Waals surface area contributed by atoms with Crippen LogP contribution in [0.3, 0.4) is 0 Å². The van der Waals surface area contributed by atoms with Gasteiger partial charge in [0.2, 0.25) is 0 Å². The fraction of sp³-hybridized carbons (Fsp3) is 0.400. The molecule has 0 fully saturated rings. The molecule has 15 heavy (non-hydrogen) atoms. The van der Waals surface area contributed by atoms with E-state index in [1.807, 2.05) is 0 Å². The van der Waals surface area contributed by atoms with Crippen LogP contribution in [0.1, 0.15) is 5.69 Å². The molecule has 0 unspecified atom stereocenters. The van der Waals surface area contributed by atoms with E-state index in [2.05, 4.69) is 5.10 Å². The lowest BCUT2D eigenvalue weighted by Crippen LogP contribution is -2.18. The Bertz CT molecular complexity index is 466. The van der Waals surface area contributed by atoms with E-state index in [9.17, 15) is 21.6 Å². The monoisotopic (exact) mass is 355 g/mol. The van der Waals surface area contributed by atoms with Crippen LogP contribution < -0.4 is 2.94 Å². The number of halogens is 4. The zero-order chi connectivity index (χ0) is 11.9. The number of aryl methyl sites for hydroxylation is 1. The highest BCUT2D eigenvalue weighted by atomic mass is 127. The van der Waals surface area contributed by atoms with Crippen LogP contribution in [0.2, 0.25) is 0 Å². The maximum atomic E-state index is 12.4. The molecule has 1 N–H and O–H groups in total. The summed E-state index contributed by atoms with van der Waals surface area (Å²) in [6.07, 6.45) is -4.00. The molecule has 0 aliphatic carbocycles. The van der Waals surface area contributed by atoms with Crippen molar-refractivity contribution in [2.24, 2.45) is 7.05 Å². The van der Waals surface area contributed by atoms with Crippen molar-refractivity contribution < 1.29 is 21.6 Å². The summed E-state index contributed by atoms with van der Waals surface area (Å²) in [6, 6.07) is 0. The first-order chi connectivity index (χ1) is 6.68. The Balaban J connectivity index is 3.44. The lowest BCUT2D eigenvalue weighted by Gasteiger charge is -2.04. The molecule has 0 aliphatic rings. The van der Waals surface area contributed by atoms with Gasteiger partial charge in [0.05, 0.1) is 0 Å². The van der Waals surface area contributed by atoms with Crippen LogP contribution >= 0.6 is 22.9 Å². The van der Waals surface area contributed by atoms with Crippen molar-refractivity contribution in [3.8, 4) is 0 Å². The number of alkyl halides is 3. The number of nitrogens with zero attached hydrogens (tertiary/aromatic N) is 2. The molecule has 1 aromatic heterocycles. The standard InChI is InChI=1S/C5H5F3IN3O2S/c1-12-2-3(15(13,14)11-9)4(10-12)5(6,7)8/h2,11H,1H3. The van der Waals surface area contributed by atoms with Crippen LogP contribution in [0.4, 0.5) is 13.2 Å². The molecule has 0 atom stereocenters. The van der Waals surface area contributed by atoms with Gasteiger partial charge in [0, 0.05) is 36.1 Å². The smallest absolute Gasteiger partial charge is 0.274 e. The minimum atomic E-state index is -4.79. The van der Waals surface area contributed by atoms with Crippen LogP contribution in [-0.4, -0.2) is 18.2 Å². The van der Waals surface area contributed by atoms with Crippen LogP contribution in [0.15, 0.2) is 11.1 Å². The fourth-order valence-electron chi connectivity index (χ4n) is 0.901. The van der Waals surface area contributed by atoms with E-state index in [4.69, 9.17) is 0 Å². The first-order valence-corrected chi connectivity index (χ1v) is 5.98. The quantitative estimate of drug-likeness (QED) is 0.638. The van der Waals surface area contributed by atoms with Gasteiger partial charge >= 0.3 is 6.18 Å². The molecule has 1 rings (SSSR count). The molecule has 10 heteroatoms. The van der Waals surface area contributed by atoms with Crippen molar-refractivity contribution in [2.45, 2.75) is 11.1 Å². The summed E-state index contributed by atoms with van der Waals surface area (Å²) in [7, 11) is -2.95. The third-order valence-corrected chi connectivity index (χ3v) is 4.28. The van der Waals surface area contributed by atoms with Crippen molar-refractivity contribution >= 4 is 32.9 Å². The van der Waals surface area contributed by atoms with Crippen LogP contribution in [-0.2, 0) is 23.2 Å². The highest BCUT2D eigenvalue weighted by Crippen LogP contribution is 2.32. The van der Waals surface area contributed by atoms with Crippen LogP contribution in [0.25, 0.3) is 0 Å². The van der Waals surface area contributed by atoms with Gasteiger partial charge in [0.15, 0.2) is 5.69 Å². The molecule has 1 heterocycles. The SMILES string of the molecule is Cn1cc(S(=O)(=O)NI)c(C(F)(F)F)n1. The molecule has 1 aromatic rings. The average molecular weight is 355 g/mol. The summed E-state index contributed by atoms with van der Waals surface area (Å²) in [4.78, 5) is -0.882. The van der Waals surface area contributed by atoms with E-state index < -0.39 is 26.8 Å². The molecule has 0 saturated heterocycles. The lowest BCUT2D eigenvalue weighted by atomic mass is 10.4. The first-order valence-electron chi connectivity index (χ1n) is 3.42.